The van der Waals surface area contributed by atoms with Gasteiger partial charge in [0.05, 0.1) is 5.56 Å². The maximum atomic E-state index is 11.8. The zero-order valence-corrected chi connectivity index (χ0v) is 14.3. The minimum atomic E-state index is -0.0262. The Labute approximate surface area is 143 Å². The van der Waals surface area contributed by atoms with Crippen LogP contribution in [0.15, 0.2) is 42.6 Å². The molecule has 0 unspecified atom stereocenters. The molecule has 0 saturated carbocycles. The lowest BCUT2D eigenvalue weighted by molar-refractivity contribution is 0.0827. The van der Waals surface area contributed by atoms with Crippen molar-refractivity contribution >= 4 is 17.4 Å². The van der Waals surface area contributed by atoms with Crippen molar-refractivity contribution in [1.82, 2.24) is 9.88 Å². The molecule has 1 aromatic carbocycles. The van der Waals surface area contributed by atoms with E-state index in [4.69, 9.17) is 0 Å². The number of amides is 1. The van der Waals surface area contributed by atoms with E-state index in [9.17, 15) is 4.79 Å². The molecule has 5 nitrogen and oxygen atoms in total. The lowest BCUT2D eigenvalue weighted by Crippen LogP contribution is -2.23. The summed E-state index contributed by atoms with van der Waals surface area (Å²) in [6.45, 7) is 3.02. The van der Waals surface area contributed by atoms with E-state index >= 15 is 0 Å². The number of pyridine rings is 1. The van der Waals surface area contributed by atoms with Gasteiger partial charge in [0.15, 0.2) is 0 Å². The number of anilines is 2. The number of hydrogen-bond acceptors (Lipinski definition) is 4. The first-order chi connectivity index (χ1) is 11.6. The molecule has 2 heterocycles. The largest absolute Gasteiger partial charge is 0.371 e. The maximum absolute atomic E-state index is 11.8. The minimum Gasteiger partial charge on any atom is -0.371 e. The van der Waals surface area contributed by atoms with E-state index in [2.05, 4.69) is 39.5 Å². The van der Waals surface area contributed by atoms with Crippen molar-refractivity contribution < 1.29 is 4.79 Å². The first kappa shape index (κ1) is 16.3. The second kappa shape index (κ2) is 7.34. The molecule has 0 fully saturated rings. The Balaban J connectivity index is 1.45. The zero-order valence-electron chi connectivity index (χ0n) is 14.3. The Morgan fingerprint density at radius 3 is 2.83 bits per heavy atom. The third-order valence-electron chi connectivity index (χ3n) is 4.31. The topological polar surface area (TPSA) is 48.5 Å². The number of nitrogens with zero attached hydrogens (tertiary/aromatic N) is 3. The maximum Gasteiger partial charge on any atom is 0.254 e. The summed E-state index contributed by atoms with van der Waals surface area (Å²) in [5.74, 6) is 0.786. The highest BCUT2D eigenvalue weighted by molar-refractivity contribution is 5.93. The van der Waals surface area contributed by atoms with Crippen LogP contribution in [0.4, 0.5) is 11.5 Å². The van der Waals surface area contributed by atoms with Gasteiger partial charge in [-0.15, -0.1) is 0 Å². The van der Waals surface area contributed by atoms with Crippen LogP contribution in [0.1, 0.15) is 22.3 Å². The van der Waals surface area contributed by atoms with Gasteiger partial charge in [-0.1, -0.05) is 18.2 Å². The van der Waals surface area contributed by atoms with Crippen molar-refractivity contribution in [2.24, 2.45) is 0 Å². The van der Waals surface area contributed by atoms with E-state index in [0.29, 0.717) is 5.56 Å². The van der Waals surface area contributed by atoms with Crippen LogP contribution < -0.4 is 10.2 Å². The molecule has 3 rings (SSSR count). The summed E-state index contributed by atoms with van der Waals surface area (Å²) < 4.78 is 0. The molecule has 0 radical (unpaired) electrons. The molecule has 0 atom stereocenters. The monoisotopic (exact) mass is 324 g/mol. The molecule has 1 aliphatic rings. The lowest BCUT2D eigenvalue weighted by Gasteiger charge is -2.19. The van der Waals surface area contributed by atoms with Gasteiger partial charge in [-0.3, -0.25) is 4.79 Å². The number of hydrogen-bond donors (Lipinski definition) is 1. The van der Waals surface area contributed by atoms with Crippen molar-refractivity contribution in [3.8, 4) is 0 Å². The number of carbonyl (C=O) groups excluding carboxylic acids is 1. The minimum absolute atomic E-state index is 0.0262. The van der Waals surface area contributed by atoms with E-state index in [1.807, 2.05) is 12.1 Å². The average Bonchev–Trinajstić information content (AvgIpc) is 3.02. The van der Waals surface area contributed by atoms with Gasteiger partial charge in [-0.05, 0) is 36.6 Å². The Morgan fingerprint density at radius 1 is 1.25 bits per heavy atom. The molecule has 1 aromatic heterocycles. The Morgan fingerprint density at radius 2 is 2.08 bits per heavy atom. The van der Waals surface area contributed by atoms with Crippen molar-refractivity contribution in [2.75, 3.05) is 43.9 Å². The van der Waals surface area contributed by atoms with Crippen molar-refractivity contribution in [3.63, 3.8) is 0 Å². The van der Waals surface area contributed by atoms with Crippen LogP contribution >= 0.6 is 0 Å². The number of rotatable bonds is 6. The third-order valence-corrected chi connectivity index (χ3v) is 4.31. The third kappa shape index (κ3) is 3.67. The van der Waals surface area contributed by atoms with E-state index in [1.165, 1.54) is 11.3 Å². The molecular weight excluding hydrogens is 300 g/mol. The lowest BCUT2D eigenvalue weighted by atomic mass is 10.2. The van der Waals surface area contributed by atoms with Gasteiger partial charge in [0.25, 0.3) is 5.91 Å². The molecule has 1 amide bonds. The molecule has 0 aliphatic carbocycles. The highest BCUT2D eigenvalue weighted by Crippen LogP contribution is 2.27. The van der Waals surface area contributed by atoms with Gasteiger partial charge in [0.2, 0.25) is 0 Å². The smallest absolute Gasteiger partial charge is 0.254 e. The van der Waals surface area contributed by atoms with Crippen LogP contribution in [0, 0.1) is 0 Å². The quantitative estimate of drug-likeness (QED) is 0.830. The highest BCUT2D eigenvalue weighted by atomic mass is 16.2. The number of aromatic nitrogens is 1. The van der Waals surface area contributed by atoms with Crippen LogP contribution in [-0.2, 0) is 6.42 Å². The molecule has 126 valence electrons. The van der Waals surface area contributed by atoms with Crippen molar-refractivity contribution in [2.45, 2.75) is 12.8 Å². The van der Waals surface area contributed by atoms with Gasteiger partial charge in [0, 0.05) is 45.6 Å². The van der Waals surface area contributed by atoms with Crippen LogP contribution in [0.5, 0.6) is 0 Å². The van der Waals surface area contributed by atoms with Gasteiger partial charge in [-0.25, -0.2) is 4.98 Å². The first-order valence-electron chi connectivity index (χ1n) is 8.39. The molecule has 1 aliphatic heterocycles. The highest BCUT2D eigenvalue weighted by Gasteiger charge is 2.17. The Hall–Kier alpha value is -2.56. The summed E-state index contributed by atoms with van der Waals surface area (Å²) >= 11 is 0. The number of nitrogens with one attached hydrogen (secondary N) is 1. The van der Waals surface area contributed by atoms with E-state index in [1.54, 1.807) is 25.2 Å². The second-order valence-electron chi connectivity index (χ2n) is 6.28. The fourth-order valence-corrected chi connectivity index (χ4v) is 3.01. The molecule has 0 saturated heterocycles. The normalized spacial score (nSPS) is 12.8. The standard InChI is InChI=1S/C19H24N4O/c1-22(2)19(24)16-8-9-18(21-14-16)20-11-5-12-23-13-10-15-6-3-4-7-17(15)23/h3-4,6-9,14H,5,10-13H2,1-2H3,(H,20,21). The molecule has 5 heteroatoms. The van der Waals surface area contributed by atoms with Crippen LogP contribution in [0.25, 0.3) is 0 Å². The molecule has 1 N–H and O–H groups in total. The molecule has 0 bridgehead atoms. The second-order valence-corrected chi connectivity index (χ2v) is 6.28. The molecule has 0 spiro atoms. The van der Waals surface area contributed by atoms with Crippen LogP contribution in [-0.4, -0.2) is 49.5 Å². The zero-order chi connectivity index (χ0) is 16.9. The fraction of sp³-hybridized carbons (Fsp3) is 0.368. The summed E-state index contributed by atoms with van der Waals surface area (Å²) in [6.07, 6.45) is 3.82. The van der Waals surface area contributed by atoms with E-state index in [0.717, 1.165) is 38.3 Å². The number of carbonyl (C=O) groups is 1. The SMILES string of the molecule is CN(C)C(=O)c1ccc(NCCCN2CCc3ccccc32)nc1. The average molecular weight is 324 g/mol. The van der Waals surface area contributed by atoms with Gasteiger partial charge < -0.3 is 15.1 Å². The van der Waals surface area contributed by atoms with Gasteiger partial charge in [-0.2, -0.15) is 0 Å². The van der Waals surface area contributed by atoms with E-state index in [-0.39, 0.29) is 5.91 Å². The molecule has 2 aromatic rings. The number of benzene rings is 1. The van der Waals surface area contributed by atoms with Crippen molar-refractivity contribution in [1.29, 1.82) is 0 Å². The summed E-state index contributed by atoms with van der Waals surface area (Å²) in [7, 11) is 3.48. The first-order valence-corrected chi connectivity index (χ1v) is 8.39. The summed E-state index contributed by atoms with van der Waals surface area (Å²) in [5.41, 5.74) is 3.44. The predicted molar refractivity (Wildman–Crippen MR) is 97.7 cm³/mol. The number of para-hydroxylation sites is 1. The van der Waals surface area contributed by atoms with Crippen molar-refractivity contribution in [3.05, 3.63) is 53.7 Å². The number of fused-ring (bicyclic) bond motifs is 1. The van der Waals surface area contributed by atoms with Crippen LogP contribution in [0.3, 0.4) is 0 Å². The summed E-state index contributed by atoms with van der Waals surface area (Å²) in [5, 5.41) is 3.33. The summed E-state index contributed by atoms with van der Waals surface area (Å²) in [6, 6.07) is 12.3. The molecular formula is C19H24N4O. The van der Waals surface area contributed by atoms with Gasteiger partial charge in [0.1, 0.15) is 5.82 Å². The Kier molecular flexibility index (Phi) is 4.99. The van der Waals surface area contributed by atoms with Gasteiger partial charge >= 0.3 is 0 Å². The van der Waals surface area contributed by atoms with E-state index < -0.39 is 0 Å². The Bertz CT molecular complexity index is 697. The van der Waals surface area contributed by atoms with Crippen LogP contribution in [0.2, 0.25) is 0 Å². The predicted octanol–water partition coefficient (Wildman–Crippen LogP) is 2.65. The fourth-order valence-electron chi connectivity index (χ4n) is 3.01. The summed E-state index contributed by atoms with van der Waals surface area (Å²) in [4.78, 5) is 20.1. The molecule has 24 heavy (non-hydrogen) atoms.